The van der Waals surface area contributed by atoms with Gasteiger partial charge in [-0.2, -0.15) is 0 Å². The predicted octanol–water partition coefficient (Wildman–Crippen LogP) is 3.83. The minimum Gasteiger partial charge on any atom is -0.330 e. The zero-order valence-corrected chi connectivity index (χ0v) is 12.0. The molecule has 0 saturated carbocycles. The van der Waals surface area contributed by atoms with Crippen molar-refractivity contribution >= 4 is 21.6 Å². The number of hydrogen-bond acceptors (Lipinski definition) is 3. The Morgan fingerprint density at radius 3 is 2.75 bits per heavy atom. The molecule has 2 N–H and O–H groups in total. The highest BCUT2D eigenvalue weighted by Crippen LogP contribution is 2.29. The highest BCUT2D eigenvalue weighted by Gasteiger charge is 2.14. The summed E-state index contributed by atoms with van der Waals surface area (Å²) in [5.74, 6) is -0.233. The van der Waals surface area contributed by atoms with Gasteiger partial charge < -0.3 is 5.73 Å². The third-order valence-electron chi connectivity index (χ3n) is 3.41. The summed E-state index contributed by atoms with van der Waals surface area (Å²) in [7, 11) is 0. The summed E-state index contributed by atoms with van der Waals surface area (Å²) in [5.41, 5.74) is 8.86. The van der Waals surface area contributed by atoms with E-state index in [2.05, 4.69) is 23.2 Å². The zero-order chi connectivity index (χ0) is 14.1. The van der Waals surface area contributed by atoms with Crippen molar-refractivity contribution in [3.8, 4) is 0 Å². The fourth-order valence-electron chi connectivity index (χ4n) is 2.46. The van der Waals surface area contributed by atoms with Gasteiger partial charge in [0.25, 0.3) is 0 Å². The Morgan fingerprint density at radius 2 is 2.00 bits per heavy atom. The van der Waals surface area contributed by atoms with Crippen LogP contribution < -0.4 is 5.73 Å². The molecule has 0 radical (unpaired) electrons. The molecule has 0 amide bonds. The largest absolute Gasteiger partial charge is 0.330 e. The Bertz CT molecular complexity index is 751. The maximum Gasteiger partial charge on any atom is 0.123 e. The third kappa shape index (κ3) is 2.44. The van der Waals surface area contributed by atoms with Crippen molar-refractivity contribution in [3.05, 3.63) is 64.4 Å². The van der Waals surface area contributed by atoms with Crippen LogP contribution in [0, 0.1) is 12.7 Å². The van der Waals surface area contributed by atoms with E-state index in [-0.39, 0.29) is 11.7 Å². The van der Waals surface area contributed by atoms with Crippen LogP contribution in [0.1, 0.15) is 22.1 Å². The fourth-order valence-corrected chi connectivity index (χ4v) is 3.27. The van der Waals surface area contributed by atoms with E-state index in [1.54, 1.807) is 23.5 Å². The number of hydrogen-bond donors (Lipinski definition) is 1. The van der Waals surface area contributed by atoms with Crippen LogP contribution in [-0.4, -0.2) is 11.5 Å². The van der Waals surface area contributed by atoms with Gasteiger partial charge in [-0.25, -0.2) is 9.37 Å². The monoisotopic (exact) mass is 286 g/mol. The lowest BCUT2D eigenvalue weighted by Gasteiger charge is -2.15. The maximum absolute atomic E-state index is 13.4. The normalized spacial score (nSPS) is 12.8. The van der Waals surface area contributed by atoms with Crippen LogP contribution in [0.2, 0.25) is 0 Å². The molecule has 0 saturated heterocycles. The van der Waals surface area contributed by atoms with E-state index in [0.717, 1.165) is 21.7 Å². The second kappa shape index (κ2) is 5.31. The van der Waals surface area contributed by atoms with E-state index in [4.69, 9.17) is 5.73 Å². The molecule has 1 aromatic heterocycles. The number of aryl methyl sites for hydroxylation is 1. The summed E-state index contributed by atoms with van der Waals surface area (Å²) in [5, 5.41) is 1.05. The number of nitrogens with two attached hydrogens (primary N) is 1. The van der Waals surface area contributed by atoms with Gasteiger partial charge in [0.1, 0.15) is 5.82 Å². The van der Waals surface area contributed by atoms with Crippen molar-refractivity contribution in [2.24, 2.45) is 5.73 Å². The Kier molecular flexibility index (Phi) is 3.51. The molecule has 1 heterocycles. The number of benzene rings is 2. The number of nitrogens with zero attached hydrogens (tertiary/aromatic N) is 1. The standard InChI is InChI=1S/C16H15FN2S/c1-10-19-15-8-12(5-6-16(15)20-10)14(9-18)11-3-2-4-13(17)7-11/h2-8,14H,9,18H2,1H3/t14-/m0/s1. The molecule has 102 valence electrons. The third-order valence-corrected chi connectivity index (χ3v) is 4.36. The zero-order valence-electron chi connectivity index (χ0n) is 11.1. The van der Waals surface area contributed by atoms with E-state index < -0.39 is 0 Å². The molecular weight excluding hydrogens is 271 g/mol. The predicted molar refractivity (Wildman–Crippen MR) is 81.7 cm³/mol. The topological polar surface area (TPSA) is 38.9 Å². The molecule has 3 rings (SSSR count). The number of fused-ring (bicyclic) bond motifs is 1. The van der Waals surface area contributed by atoms with E-state index >= 15 is 0 Å². The highest BCUT2D eigenvalue weighted by atomic mass is 32.1. The molecule has 3 aromatic rings. The van der Waals surface area contributed by atoms with E-state index in [9.17, 15) is 4.39 Å². The molecule has 0 bridgehead atoms. The van der Waals surface area contributed by atoms with Crippen LogP contribution in [0.3, 0.4) is 0 Å². The molecule has 2 aromatic carbocycles. The quantitative estimate of drug-likeness (QED) is 0.794. The van der Waals surface area contributed by atoms with Crippen molar-refractivity contribution in [3.63, 3.8) is 0 Å². The number of rotatable bonds is 3. The van der Waals surface area contributed by atoms with Crippen molar-refractivity contribution in [2.45, 2.75) is 12.8 Å². The SMILES string of the molecule is Cc1nc2cc([C@@H](CN)c3cccc(F)c3)ccc2s1. The molecule has 0 aliphatic rings. The van der Waals surface area contributed by atoms with Crippen LogP contribution in [0.15, 0.2) is 42.5 Å². The summed E-state index contributed by atoms with van der Waals surface area (Å²) in [6.07, 6.45) is 0. The first-order valence-electron chi connectivity index (χ1n) is 6.50. The van der Waals surface area contributed by atoms with Gasteiger partial charge in [-0.05, 0) is 42.3 Å². The molecule has 20 heavy (non-hydrogen) atoms. The first-order chi connectivity index (χ1) is 9.67. The molecule has 2 nitrogen and oxygen atoms in total. The van der Waals surface area contributed by atoms with Crippen LogP contribution in [0.25, 0.3) is 10.2 Å². The Balaban J connectivity index is 2.06. The number of halogens is 1. The van der Waals surface area contributed by atoms with Gasteiger partial charge in [-0.1, -0.05) is 18.2 Å². The van der Waals surface area contributed by atoms with Crippen LogP contribution in [0.4, 0.5) is 4.39 Å². The van der Waals surface area contributed by atoms with Crippen LogP contribution in [0.5, 0.6) is 0 Å². The van der Waals surface area contributed by atoms with Gasteiger partial charge in [-0.15, -0.1) is 11.3 Å². The summed E-state index contributed by atoms with van der Waals surface area (Å²) in [6.45, 7) is 2.44. The lowest BCUT2D eigenvalue weighted by molar-refractivity contribution is 0.623. The van der Waals surface area contributed by atoms with E-state index in [1.807, 2.05) is 13.0 Å². The maximum atomic E-state index is 13.4. The summed E-state index contributed by atoms with van der Waals surface area (Å²) in [6, 6.07) is 12.8. The lowest BCUT2D eigenvalue weighted by Crippen LogP contribution is -2.14. The van der Waals surface area contributed by atoms with Gasteiger partial charge in [0.05, 0.1) is 15.2 Å². The first-order valence-corrected chi connectivity index (χ1v) is 7.31. The summed E-state index contributed by atoms with van der Waals surface area (Å²) in [4.78, 5) is 4.51. The van der Waals surface area contributed by atoms with Gasteiger partial charge >= 0.3 is 0 Å². The molecule has 4 heteroatoms. The lowest BCUT2D eigenvalue weighted by atomic mass is 9.91. The second-order valence-corrected chi connectivity index (χ2v) is 6.04. The fraction of sp³-hybridized carbons (Fsp3) is 0.188. The minimum absolute atomic E-state index is 0.00268. The number of aromatic nitrogens is 1. The molecule has 0 unspecified atom stereocenters. The number of thiazole rings is 1. The Labute approximate surface area is 121 Å². The van der Waals surface area contributed by atoms with Crippen LogP contribution in [-0.2, 0) is 0 Å². The highest BCUT2D eigenvalue weighted by molar-refractivity contribution is 7.18. The van der Waals surface area contributed by atoms with E-state index in [1.165, 1.54) is 10.8 Å². The molecule has 0 spiro atoms. The van der Waals surface area contributed by atoms with Crippen molar-refractivity contribution in [1.29, 1.82) is 0 Å². The van der Waals surface area contributed by atoms with Gasteiger partial charge in [0, 0.05) is 12.5 Å². The van der Waals surface area contributed by atoms with Gasteiger partial charge in [-0.3, -0.25) is 0 Å². The average molecular weight is 286 g/mol. The van der Waals surface area contributed by atoms with Crippen molar-refractivity contribution in [1.82, 2.24) is 4.98 Å². The smallest absolute Gasteiger partial charge is 0.123 e. The van der Waals surface area contributed by atoms with Crippen molar-refractivity contribution in [2.75, 3.05) is 6.54 Å². The summed E-state index contributed by atoms with van der Waals surface area (Å²) < 4.78 is 14.6. The minimum atomic E-state index is -0.230. The summed E-state index contributed by atoms with van der Waals surface area (Å²) >= 11 is 1.68. The molecule has 0 aliphatic carbocycles. The molecule has 0 aliphatic heterocycles. The Hall–Kier alpha value is -1.78. The molecule has 0 fully saturated rings. The average Bonchev–Trinajstić information content (AvgIpc) is 2.79. The van der Waals surface area contributed by atoms with Crippen molar-refractivity contribution < 1.29 is 4.39 Å². The molecule has 1 atom stereocenters. The van der Waals surface area contributed by atoms with Crippen LogP contribution >= 0.6 is 11.3 Å². The van der Waals surface area contributed by atoms with Gasteiger partial charge in [0.15, 0.2) is 0 Å². The Morgan fingerprint density at radius 1 is 1.20 bits per heavy atom. The van der Waals surface area contributed by atoms with E-state index in [0.29, 0.717) is 6.54 Å². The first kappa shape index (κ1) is 13.2. The second-order valence-electron chi connectivity index (χ2n) is 4.80. The molecular formula is C16H15FN2S. The van der Waals surface area contributed by atoms with Gasteiger partial charge in [0.2, 0.25) is 0 Å².